The van der Waals surface area contributed by atoms with Gasteiger partial charge in [-0.2, -0.15) is 5.26 Å². The molecule has 1 aromatic heterocycles. The Bertz CT molecular complexity index is 761. The average Bonchev–Trinajstić information content (AvgIpc) is 2.73. The number of carbonyl (C=O) groups excluding carboxylic acids is 1. The zero-order chi connectivity index (χ0) is 14.3. The lowest BCUT2D eigenvalue weighted by atomic mass is 10.1. The first-order valence-corrected chi connectivity index (χ1v) is 6.24. The van der Waals surface area contributed by atoms with Crippen LogP contribution in [-0.2, 0) is 11.2 Å². The topological polar surface area (TPSA) is 69.9 Å². The van der Waals surface area contributed by atoms with Crippen LogP contribution in [0.1, 0.15) is 17.1 Å². The summed E-state index contributed by atoms with van der Waals surface area (Å²) in [6.45, 7) is 1.76. The molecule has 3 rings (SSSR count). The quantitative estimate of drug-likeness (QED) is 0.788. The third-order valence-corrected chi connectivity index (χ3v) is 3.40. The molecule has 5 nitrogen and oxygen atoms in total. The van der Waals surface area contributed by atoms with Crippen LogP contribution >= 0.6 is 0 Å². The summed E-state index contributed by atoms with van der Waals surface area (Å²) in [5.41, 5.74) is 3.88. The van der Waals surface area contributed by atoms with Gasteiger partial charge in [-0.05, 0) is 24.6 Å². The molecule has 20 heavy (non-hydrogen) atoms. The molecule has 0 saturated heterocycles. The highest BCUT2D eigenvalue weighted by atomic mass is 16.2. The Labute approximate surface area is 116 Å². The SMILES string of the molecule is Cc1nc(C#N)cc(-c2ccc3c(c2)CC(=O)N3C)n1. The van der Waals surface area contributed by atoms with E-state index >= 15 is 0 Å². The number of fused-ring (bicyclic) bond motifs is 1. The number of nitrogens with zero attached hydrogens (tertiary/aromatic N) is 4. The normalized spacial score (nSPS) is 13.2. The molecule has 1 aromatic carbocycles. The molecule has 0 atom stereocenters. The summed E-state index contributed by atoms with van der Waals surface area (Å²) in [5.74, 6) is 0.654. The monoisotopic (exact) mass is 264 g/mol. The zero-order valence-electron chi connectivity index (χ0n) is 11.2. The Morgan fingerprint density at radius 2 is 2.10 bits per heavy atom. The Balaban J connectivity index is 2.09. The lowest BCUT2D eigenvalue weighted by molar-refractivity contribution is -0.117. The van der Waals surface area contributed by atoms with Crippen LogP contribution in [0.3, 0.4) is 0 Å². The van der Waals surface area contributed by atoms with Crippen molar-refractivity contribution in [2.24, 2.45) is 0 Å². The molecule has 1 amide bonds. The number of aromatic nitrogens is 2. The van der Waals surface area contributed by atoms with Gasteiger partial charge in [0.1, 0.15) is 17.6 Å². The van der Waals surface area contributed by atoms with Crippen LogP contribution in [0, 0.1) is 18.3 Å². The van der Waals surface area contributed by atoms with E-state index in [9.17, 15) is 4.79 Å². The van der Waals surface area contributed by atoms with Gasteiger partial charge in [0.15, 0.2) is 0 Å². The molecular formula is C15H12N4O. The molecule has 0 fully saturated rings. The third-order valence-electron chi connectivity index (χ3n) is 3.40. The summed E-state index contributed by atoms with van der Waals surface area (Å²) in [6.07, 6.45) is 0.412. The number of likely N-dealkylation sites (N-methyl/N-ethyl adjacent to an activating group) is 1. The van der Waals surface area contributed by atoms with Crippen molar-refractivity contribution in [2.45, 2.75) is 13.3 Å². The molecule has 2 heterocycles. The van der Waals surface area contributed by atoms with Crippen LogP contribution in [0.5, 0.6) is 0 Å². The van der Waals surface area contributed by atoms with Crippen molar-refractivity contribution >= 4 is 11.6 Å². The van der Waals surface area contributed by atoms with Gasteiger partial charge in [0.05, 0.1) is 12.1 Å². The molecule has 0 aliphatic carbocycles. The zero-order valence-corrected chi connectivity index (χ0v) is 11.2. The van der Waals surface area contributed by atoms with Crippen molar-refractivity contribution in [1.29, 1.82) is 5.26 Å². The van der Waals surface area contributed by atoms with E-state index in [-0.39, 0.29) is 5.91 Å². The van der Waals surface area contributed by atoms with Crippen LogP contribution in [0.15, 0.2) is 24.3 Å². The van der Waals surface area contributed by atoms with Crippen LogP contribution < -0.4 is 4.90 Å². The summed E-state index contributed by atoms with van der Waals surface area (Å²) in [7, 11) is 1.77. The van der Waals surface area contributed by atoms with E-state index in [1.54, 1.807) is 24.9 Å². The molecule has 0 bridgehead atoms. The lowest BCUT2D eigenvalue weighted by Crippen LogP contribution is -2.20. The smallest absolute Gasteiger partial charge is 0.231 e. The van der Waals surface area contributed by atoms with E-state index in [1.165, 1.54) is 0 Å². The largest absolute Gasteiger partial charge is 0.315 e. The molecule has 0 saturated carbocycles. The van der Waals surface area contributed by atoms with Gasteiger partial charge >= 0.3 is 0 Å². The first-order chi connectivity index (χ1) is 9.58. The minimum absolute atomic E-state index is 0.0914. The standard InChI is InChI=1S/C15H12N4O/c1-9-17-12(8-16)7-13(18-9)10-3-4-14-11(5-10)6-15(20)19(14)2/h3-5,7H,6H2,1-2H3. The van der Waals surface area contributed by atoms with E-state index in [4.69, 9.17) is 5.26 Å². The number of hydrogen-bond donors (Lipinski definition) is 0. The molecule has 98 valence electrons. The molecular weight excluding hydrogens is 252 g/mol. The number of benzene rings is 1. The van der Waals surface area contributed by atoms with Crippen molar-refractivity contribution in [2.75, 3.05) is 11.9 Å². The molecule has 1 aliphatic heterocycles. The van der Waals surface area contributed by atoms with E-state index in [0.717, 1.165) is 16.8 Å². The predicted octanol–water partition coefficient (Wildman–Crippen LogP) is 1.84. The number of carbonyl (C=O) groups is 1. The first-order valence-electron chi connectivity index (χ1n) is 6.24. The molecule has 1 aliphatic rings. The van der Waals surface area contributed by atoms with E-state index in [2.05, 4.69) is 9.97 Å². The minimum atomic E-state index is 0.0914. The van der Waals surface area contributed by atoms with Gasteiger partial charge in [0, 0.05) is 24.4 Å². The highest BCUT2D eigenvalue weighted by Crippen LogP contribution is 2.31. The Kier molecular flexibility index (Phi) is 2.72. The summed E-state index contributed by atoms with van der Waals surface area (Å²) in [5, 5.41) is 8.97. The maximum absolute atomic E-state index is 11.7. The van der Waals surface area contributed by atoms with Crippen LogP contribution in [0.4, 0.5) is 5.69 Å². The molecule has 0 unspecified atom stereocenters. The Morgan fingerprint density at radius 3 is 2.85 bits per heavy atom. The highest BCUT2D eigenvalue weighted by molar-refractivity contribution is 6.01. The van der Waals surface area contributed by atoms with Crippen molar-refractivity contribution in [3.63, 3.8) is 0 Å². The minimum Gasteiger partial charge on any atom is -0.315 e. The molecule has 5 heteroatoms. The van der Waals surface area contributed by atoms with Crippen molar-refractivity contribution in [3.8, 4) is 17.3 Å². The third kappa shape index (κ3) is 1.91. The van der Waals surface area contributed by atoms with Gasteiger partial charge < -0.3 is 4.90 Å². The predicted molar refractivity (Wildman–Crippen MR) is 74.0 cm³/mol. The van der Waals surface area contributed by atoms with E-state index in [0.29, 0.717) is 23.6 Å². The maximum Gasteiger partial charge on any atom is 0.231 e. The van der Waals surface area contributed by atoms with Gasteiger partial charge in [-0.3, -0.25) is 4.79 Å². The van der Waals surface area contributed by atoms with E-state index < -0.39 is 0 Å². The summed E-state index contributed by atoms with van der Waals surface area (Å²) in [6, 6.07) is 9.48. The number of aryl methyl sites for hydroxylation is 1. The maximum atomic E-state index is 11.7. The van der Waals surface area contributed by atoms with Crippen molar-refractivity contribution < 1.29 is 4.79 Å². The van der Waals surface area contributed by atoms with E-state index in [1.807, 2.05) is 24.3 Å². The second-order valence-electron chi connectivity index (χ2n) is 4.77. The Hall–Kier alpha value is -2.74. The number of hydrogen-bond acceptors (Lipinski definition) is 4. The second kappa shape index (κ2) is 4.42. The fourth-order valence-corrected chi connectivity index (χ4v) is 2.40. The number of amides is 1. The summed E-state index contributed by atoms with van der Waals surface area (Å²) in [4.78, 5) is 21.7. The number of rotatable bonds is 1. The average molecular weight is 264 g/mol. The lowest BCUT2D eigenvalue weighted by Gasteiger charge is -2.10. The summed E-state index contributed by atoms with van der Waals surface area (Å²) >= 11 is 0. The van der Waals surface area contributed by atoms with Gasteiger partial charge in [-0.25, -0.2) is 9.97 Å². The van der Waals surface area contributed by atoms with Crippen molar-refractivity contribution in [3.05, 3.63) is 41.3 Å². The number of anilines is 1. The molecule has 0 spiro atoms. The van der Waals surface area contributed by atoms with Gasteiger partial charge in [0.2, 0.25) is 5.91 Å². The second-order valence-corrected chi connectivity index (χ2v) is 4.77. The Morgan fingerprint density at radius 1 is 1.30 bits per heavy atom. The van der Waals surface area contributed by atoms with Crippen LogP contribution in [-0.4, -0.2) is 22.9 Å². The molecule has 0 N–H and O–H groups in total. The van der Waals surface area contributed by atoms with Crippen LogP contribution in [0.2, 0.25) is 0 Å². The number of nitriles is 1. The van der Waals surface area contributed by atoms with Crippen molar-refractivity contribution in [1.82, 2.24) is 9.97 Å². The fraction of sp³-hybridized carbons (Fsp3) is 0.200. The summed E-state index contributed by atoms with van der Waals surface area (Å²) < 4.78 is 0. The first kappa shape index (κ1) is 12.3. The molecule has 0 radical (unpaired) electrons. The van der Waals surface area contributed by atoms with Gasteiger partial charge in [0.25, 0.3) is 0 Å². The molecule has 2 aromatic rings. The fourth-order valence-electron chi connectivity index (χ4n) is 2.40. The highest BCUT2D eigenvalue weighted by Gasteiger charge is 2.24. The van der Waals surface area contributed by atoms with Gasteiger partial charge in [-0.15, -0.1) is 0 Å². The van der Waals surface area contributed by atoms with Gasteiger partial charge in [-0.1, -0.05) is 6.07 Å². The van der Waals surface area contributed by atoms with Crippen LogP contribution in [0.25, 0.3) is 11.3 Å².